The third-order valence-electron chi connectivity index (χ3n) is 6.00. The molecule has 202 valence electrons. The zero-order valence-electron chi connectivity index (χ0n) is 21.8. The molecule has 0 amide bonds. The lowest BCUT2D eigenvalue weighted by atomic mass is 9.97. The van der Waals surface area contributed by atoms with Crippen molar-refractivity contribution in [1.29, 1.82) is 0 Å². The van der Waals surface area contributed by atoms with E-state index in [2.05, 4.69) is 20.0 Å². The van der Waals surface area contributed by atoms with Gasteiger partial charge in [-0.25, -0.2) is 18.4 Å². The number of rotatable bonds is 8. The highest BCUT2D eigenvalue weighted by atomic mass is 35.5. The normalized spacial score (nSPS) is 14.7. The lowest BCUT2D eigenvalue weighted by molar-refractivity contribution is 0.415. The molecule has 1 aromatic carbocycles. The van der Waals surface area contributed by atoms with Gasteiger partial charge in [0.1, 0.15) is 28.0 Å². The Morgan fingerprint density at radius 2 is 1.97 bits per heavy atom. The van der Waals surface area contributed by atoms with Crippen molar-refractivity contribution in [2.75, 3.05) is 19.0 Å². The van der Waals surface area contributed by atoms with Crippen LogP contribution in [0.4, 0.5) is 5.82 Å². The lowest BCUT2D eigenvalue weighted by Gasteiger charge is -2.14. The molecule has 2 N–H and O–H groups in total. The third-order valence-corrected chi connectivity index (χ3v) is 8.66. The Hall–Kier alpha value is -2.95. The molecule has 0 atom stereocenters. The molecule has 0 bridgehead atoms. The Kier molecular flexibility index (Phi) is 9.40. The number of hydrogen-bond donors (Lipinski definition) is 2. The van der Waals surface area contributed by atoms with E-state index < -0.39 is 10.0 Å². The summed E-state index contributed by atoms with van der Waals surface area (Å²) >= 11 is 7.94. The van der Waals surface area contributed by atoms with Gasteiger partial charge in [0, 0.05) is 23.3 Å². The van der Waals surface area contributed by atoms with Gasteiger partial charge in [-0.3, -0.25) is 9.71 Å². The zero-order valence-corrected chi connectivity index (χ0v) is 24.1. The highest BCUT2D eigenvalue weighted by Gasteiger charge is 2.23. The molecule has 8 nitrogen and oxygen atoms in total. The van der Waals surface area contributed by atoms with Crippen LogP contribution in [-0.4, -0.2) is 38.3 Å². The Morgan fingerprint density at radius 1 is 1.16 bits per heavy atom. The summed E-state index contributed by atoms with van der Waals surface area (Å²) in [4.78, 5) is 15.6. The topological polar surface area (TPSA) is 106 Å². The number of fused-ring (bicyclic) bond motifs is 3. The fraction of sp³-hybridized carbons (Fsp3) is 0.370. The SMILES string of the molecule is CC.COc1ccc(CNc2nc(CS(=O)(=O)NC3=CC=NCC=C3)nc3sc4c(c23)CCCC4)cc1Cl. The number of aryl methyl sites for hydroxylation is 2. The van der Waals surface area contributed by atoms with Gasteiger partial charge in [-0.15, -0.1) is 11.3 Å². The molecule has 2 aromatic heterocycles. The summed E-state index contributed by atoms with van der Waals surface area (Å²) in [5.41, 5.74) is 2.69. The molecule has 2 aliphatic rings. The fourth-order valence-electron chi connectivity index (χ4n) is 4.34. The third kappa shape index (κ3) is 6.73. The fourth-order valence-corrected chi connectivity index (χ4v) is 6.94. The molecule has 38 heavy (non-hydrogen) atoms. The summed E-state index contributed by atoms with van der Waals surface area (Å²) in [6.45, 7) is 4.99. The van der Waals surface area contributed by atoms with Crippen LogP contribution in [0.2, 0.25) is 5.02 Å². The van der Waals surface area contributed by atoms with Crippen LogP contribution in [-0.2, 0) is 35.2 Å². The highest BCUT2D eigenvalue weighted by Crippen LogP contribution is 2.39. The number of thiophene rings is 1. The molecule has 5 rings (SSSR count). The van der Waals surface area contributed by atoms with Crippen LogP contribution < -0.4 is 14.8 Å². The number of sulfonamides is 1. The average Bonchev–Trinajstić information content (AvgIpc) is 3.09. The van der Waals surface area contributed by atoms with Crippen molar-refractivity contribution in [1.82, 2.24) is 14.7 Å². The predicted molar refractivity (Wildman–Crippen MR) is 157 cm³/mol. The number of aromatic nitrogens is 2. The molecular formula is C27H32ClN5O3S2. The van der Waals surface area contributed by atoms with E-state index >= 15 is 0 Å². The molecular weight excluding hydrogens is 542 g/mol. The van der Waals surface area contributed by atoms with E-state index in [9.17, 15) is 8.42 Å². The van der Waals surface area contributed by atoms with Gasteiger partial charge in [-0.05, 0) is 61.1 Å². The molecule has 11 heteroatoms. The molecule has 0 saturated carbocycles. The van der Waals surface area contributed by atoms with Gasteiger partial charge < -0.3 is 10.1 Å². The minimum absolute atomic E-state index is 0.246. The van der Waals surface area contributed by atoms with Crippen molar-refractivity contribution in [3.8, 4) is 5.75 Å². The van der Waals surface area contributed by atoms with Gasteiger partial charge in [0.15, 0.2) is 0 Å². The van der Waals surface area contributed by atoms with Crippen molar-refractivity contribution in [3.05, 3.63) is 69.0 Å². The number of ether oxygens (including phenoxy) is 1. The first-order valence-corrected chi connectivity index (χ1v) is 15.5. The number of aliphatic imine (C=N–C) groups is 1. The largest absolute Gasteiger partial charge is 0.495 e. The first-order chi connectivity index (χ1) is 18.4. The van der Waals surface area contributed by atoms with Crippen molar-refractivity contribution in [2.45, 2.75) is 51.8 Å². The van der Waals surface area contributed by atoms with E-state index in [1.165, 1.54) is 10.4 Å². The summed E-state index contributed by atoms with van der Waals surface area (Å²) < 4.78 is 33.7. The number of hydrogen-bond acceptors (Lipinski definition) is 8. The van der Waals surface area contributed by atoms with Gasteiger partial charge >= 0.3 is 0 Å². The number of methoxy groups -OCH3 is 1. The number of nitrogens with zero attached hydrogens (tertiary/aromatic N) is 3. The van der Waals surface area contributed by atoms with Gasteiger partial charge in [-0.1, -0.05) is 37.6 Å². The van der Waals surface area contributed by atoms with Gasteiger partial charge in [0.05, 0.1) is 24.1 Å². The Bertz CT molecular complexity index is 1500. The van der Waals surface area contributed by atoms with Gasteiger partial charge in [0.25, 0.3) is 0 Å². The lowest BCUT2D eigenvalue weighted by Crippen LogP contribution is -2.25. The molecule has 0 unspecified atom stereocenters. The molecule has 0 saturated heterocycles. The summed E-state index contributed by atoms with van der Waals surface area (Å²) in [6, 6.07) is 5.61. The second kappa shape index (κ2) is 12.7. The summed E-state index contributed by atoms with van der Waals surface area (Å²) in [5.74, 6) is 1.17. The molecule has 0 fully saturated rings. The average molecular weight is 574 g/mol. The number of benzene rings is 1. The maximum absolute atomic E-state index is 12.9. The monoisotopic (exact) mass is 573 g/mol. The van der Waals surface area contributed by atoms with E-state index in [1.54, 1.807) is 42.9 Å². The zero-order chi connectivity index (χ0) is 27.1. The van der Waals surface area contributed by atoms with E-state index in [0.29, 0.717) is 35.4 Å². The standard InChI is InChI=1S/C25H26ClN5O3S2.C2H6/c1-34-20-9-8-16(13-19(20)26)14-28-24-23-18-6-2-3-7-21(18)35-25(23)30-22(29-24)15-36(32,33)31-17-5-4-11-27-12-10-17;1-2/h4-5,8-10,12-13,31H,2-3,6-7,11,14-15H2,1H3,(H,28,29,30);1-2H3. The number of halogens is 1. The van der Waals surface area contributed by atoms with E-state index in [4.69, 9.17) is 21.3 Å². The number of allylic oxidation sites excluding steroid dienone is 2. The van der Waals surface area contributed by atoms with Gasteiger partial charge in [0.2, 0.25) is 10.0 Å². The number of anilines is 1. The van der Waals surface area contributed by atoms with Crippen LogP contribution in [0, 0.1) is 0 Å². The maximum atomic E-state index is 12.9. The van der Waals surface area contributed by atoms with Crippen LogP contribution in [0.15, 0.2) is 47.1 Å². The number of nitrogens with one attached hydrogen (secondary N) is 2. The molecule has 1 aliphatic heterocycles. The van der Waals surface area contributed by atoms with Crippen molar-refractivity contribution in [2.24, 2.45) is 4.99 Å². The van der Waals surface area contributed by atoms with Crippen molar-refractivity contribution in [3.63, 3.8) is 0 Å². The molecule has 1 aliphatic carbocycles. The van der Waals surface area contributed by atoms with Crippen LogP contribution in [0.3, 0.4) is 0 Å². The molecule has 3 aromatic rings. The predicted octanol–water partition coefficient (Wildman–Crippen LogP) is 5.81. The summed E-state index contributed by atoms with van der Waals surface area (Å²) in [7, 11) is -2.15. The maximum Gasteiger partial charge on any atom is 0.240 e. The highest BCUT2D eigenvalue weighted by molar-refractivity contribution is 7.88. The first-order valence-electron chi connectivity index (χ1n) is 12.7. The summed E-state index contributed by atoms with van der Waals surface area (Å²) in [6.07, 6.45) is 11.0. The van der Waals surface area contributed by atoms with E-state index in [0.717, 1.165) is 41.5 Å². The molecule has 3 heterocycles. The Balaban J connectivity index is 0.00000164. The van der Waals surface area contributed by atoms with Crippen LogP contribution in [0.25, 0.3) is 10.2 Å². The smallest absolute Gasteiger partial charge is 0.240 e. The molecule has 0 radical (unpaired) electrons. The summed E-state index contributed by atoms with van der Waals surface area (Å²) in [5, 5.41) is 4.95. The second-order valence-electron chi connectivity index (χ2n) is 8.60. The van der Waals surface area contributed by atoms with Crippen LogP contribution >= 0.6 is 22.9 Å². The molecule has 0 spiro atoms. The van der Waals surface area contributed by atoms with E-state index in [-0.39, 0.29) is 11.6 Å². The second-order valence-corrected chi connectivity index (χ2v) is 11.8. The Morgan fingerprint density at radius 3 is 2.76 bits per heavy atom. The van der Waals surface area contributed by atoms with Crippen molar-refractivity contribution < 1.29 is 13.2 Å². The first kappa shape index (κ1) is 28.1. The minimum atomic E-state index is -3.73. The Labute approximate surface area is 233 Å². The van der Waals surface area contributed by atoms with E-state index in [1.807, 2.05) is 32.0 Å². The van der Waals surface area contributed by atoms with Crippen LogP contribution in [0.1, 0.15) is 48.5 Å². The van der Waals surface area contributed by atoms with Crippen LogP contribution in [0.5, 0.6) is 5.75 Å². The minimum Gasteiger partial charge on any atom is -0.495 e. The van der Waals surface area contributed by atoms with Crippen molar-refractivity contribution >= 4 is 55.2 Å². The van der Waals surface area contributed by atoms with Gasteiger partial charge in [-0.2, -0.15) is 0 Å². The quantitative estimate of drug-likeness (QED) is 0.352.